The number of hydrogen-bond donors (Lipinski definition) is 0. The average molecular weight is 510 g/mol. The van der Waals surface area contributed by atoms with Gasteiger partial charge in [-0.25, -0.2) is 9.97 Å². The standard InChI is InChI=1S/C34H31BN2O2/c1-33(2)34(3,4)39-35(38-33)29-21-19-25(20-22-29)24-15-17-27(18-16-24)31-23-30(26-11-7-5-8-12-26)36-32(37-31)28-13-9-6-10-14-28/h5-23H,1-4H3. The van der Waals surface area contributed by atoms with Crippen LogP contribution in [0.3, 0.4) is 0 Å². The monoisotopic (exact) mass is 510 g/mol. The Bertz CT molecular complexity index is 1510. The van der Waals surface area contributed by atoms with Gasteiger partial charge in [-0.15, -0.1) is 0 Å². The van der Waals surface area contributed by atoms with Gasteiger partial charge in [0, 0.05) is 16.7 Å². The first-order valence-corrected chi connectivity index (χ1v) is 13.4. The number of aromatic nitrogens is 2. The van der Waals surface area contributed by atoms with E-state index in [1.54, 1.807) is 0 Å². The molecule has 1 aliphatic rings. The summed E-state index contributed by atoms with van der Waals surface area (Å²) in [6.45, 7) is 8.30. The Morgan fingerprint density at radius 3 is 1.41 bits per heavy atom. The zero-order valence-corrected chi connectivity index (χ0v) is 22.8. The number of rotatable bonds is 5. The van der Waals surface area contributed by atoms with Crippen LogP contribution in [-0.4, -0.2) is 28.3 Å². The minimum atomic E-state index is -0.359. The molecule has 1 saturated heterocycles. The van der Waals surface area contributed by atoms with Crippen molar-refractivity contribution in [3.63, 3.8) is 0 Å². The summed E-state index contributed by atoms with van der Waals surface area (Å²) in [7, 11) is -0.359. The highest BCUT2D eigenvalue weighted by atomic mass is 16.7. The minimum Gasteiger partial charge on any atom is -0.399 e. The highest BCUT2D eigenvalue weighted by molar-refractivity contribution is 6.62. The number of hydrogen-bond acceptors (Lipinski definition) is 4. The van der Waals surface area contributed by atoms with Gasteiger partial charge in [-0.1, -0.05) is 109 Å². The van der Waals surface area contributed by atoms with Crippen molar-refractivity contribution < 1.29 is 9.31 Å². The lowest BCUT2D eigenvalue weighted by Crippen LogP contribution is -2.41. The van der Waals surface area contributed by atoms with Crippen LogP contribution in [-0.2, 0) is 9.31 Å². The maximum absolute atomic E-state index is 6.21. The normalized spacial score (nSPS) is 15.8. The summed E-state index contributed by atoms with van der Waals surface area (Å²) < 4.78 is 12.4. The number of benzene rings is 4. The molecule has 5 heteroatoms. The fourth-order valence-corrected chi connectivity index (χ4v) is 4.71. The SMILES string of the molecule is CC1(C)OB(c2ccc(-c3ccc(-c4cc(-c5ccccc5)nc(-c5ccccc5)n4)cc3)cc2)OC1(C)C. The summed E-state index contributed by atoms with van der Waals surface area (Å²) in [5.41, 5.74) is 7.50. The van der Waals surface area contributed by atoms with E-state index in [1.165, 1.54) is 0 Å². The van der Waals surface area contributed by atoms with Crippen molar-refractivity contribution in [1.29, 1.82) is 0 Å². The van der Waals surface area contributed by atoms with E-state index in [2.05, 4.69) is 94.4 Å². The van der Waals surface area contributed by atoms with Gasteiger partial charge in [0.25, 0.3) is 0 Å². The van der Waals surface area contributed by atoms with Crippen LogP contribution in [0.4, 0.5) is 0 Å². The summed E-state index contributed by atoms with van der Waals surface area (Å²) in [6, 6.07) is 39.4. The van der Waals surface area contributed by atoms with E-state index in [9.17, 15) is 0 Å². The molecule has 0 radical (unpaired) electrons. The summed E-state index contributed by atoms with van der Waals surface area (Å²) in [6.07, 6.45) is 0. The Morgan fingerprint density at radius 2 is 0.897 bits per heavy atom. The van der Waals surface area contributed by atoms with Gasteiger partial charge in [-0.3, -0.25) is 0 Å². The largest absolute Gasteiger partial charge is 0.494 e. The fourth-order valence-electron chi connectivity index (χ4n) is 4.71. The Balaban J connectivity index is 1.29. The van der Waals surface area contributed by atoms with Crippen molar-refractivity contribution in [2.24, 2.45) is 0 Å². The third kappa shape index (κ3) is 5.03. The Kier molecular flexibility index (Phi) is 6.42. The summed E-state index contributed by atoms with van der Waals surface area (Å²) in [5.74, 6) is 0.717. The zero-order valence-electron chi connectivity index (χ0n) is 22.8. The fraction of sp³-hybridized carbons (Fsp3) is 0.176. The molecule has 192 valence electrons. The van der Waals surface area contributed by atoms with E-state index in [4.69, 9.17) is 19.3 Å². The van der Waals surface area contributed by atoms with Crippen LogP contribution in [0.15, 0.2) is 115 Å². The lowest BCUT2D eigenvalue weighted by molar-refractivity contribution is 0.00578. The molecule has 5 aromatic rings. The lowest BCUT2D eigenvalue weighted by atomic mass is 9.78. The van der Waals surface area contributed by atoms with E-state index in [1.807, 2.05) is 48.5 Å². The first kappa shape index (κ1) is 25.2. The smallest absolute Gasteiger partial charge is 0.399 e. The van der Waals surface area contributed by atoms with Crippen molar-refractivity contribution in [2.45, 2.75) is 38.9 Å². The minimum absolute atomic E-state index is 0.353. The Labute approximate surface area is 230 Å². The Morgan fingerprint density at radius 1 is 0.487 bits per heavy atom. The molecule has 1 aliphatic heterocycles. The third-order valence-corrected chi connectivity index (χ3v) is 7.78. The second-order valence-electron chi connectivity index (χ2n) is 11.0. The maximum Gasteiger partial charge on any atom is 0.494 e. The van der Waals surface area contributed by atoms with Crippen LogP contribution < -0.4 is 5.46 Å². The molecule has 0 aliphatic carbocycles. The molecule has 0 spiro atoms. The number of nitrogens with zero attached hydrogens (tertiary/aromatic N) is 2. The van der Waals surface area contributed by atoms with Gasteiger partial charge >= 0.3 is 7.12 Å². The maximum atomic E-state index is 6.21. The highest BCUT2D eigenvalue weighted by Gasteiger charge is 2.51. The third-order valence-electron chi connectivity index (χ3n) is 7.78. The second kappa shape index (κ2) is 9.92. The van der Waals surface area contributed by atoms with E-state index >= 15 is 0 Å². The summed E-state index contributed by atoms with van der Waals surface area (Å²) in [5, 5.41) is 0. The molecule has 0 unspecified atom stereocenters. The molecule has 39 heavy (non-hydrogen) atoms. The van der Waals surface area contributed by atoms with Crippen molar-refractivity contribution in [3.8, 4) is 45.0 Å². The van der Waals surface area contributed by atoms with Gasteiger partial charge in [0.15, 0.2) is 5.82 Å². The molecule has 0 bridgehead atoms. The van der Waals surface area contributed by atoms with Crippen molar-refractivity contribution in [2.75, 3.05) is 0 Å². The molecule has 0 saturated carbocycles. The molecule has 4 aromatic carbocycles. The molecule has 2 heterocycles. The summed E-state index contributed by atoms with van der Waals surface area (Å²) >= 11 is 0. The molecule has 0 atom stereocenters. The first-order chi connectivity index (χ1) is 18.8. The molecule has 6 rings (SSSR count). The molecular weight excluding hydrogens is 479 g/mol. The summed E-state index contributed by atoms with van der Waals surface area (Å²) in [4.78, 5) is 9.83. The van der Waals surface area contributed by atoms with Crippen LogP contribution in [0.2, 0.25) is 0 Å². The molecule has 0 N–H and O–H groups in total. The van der Waals surface area contributed by atoms with Gasteiger partial charge in [0.1, 0.15) is 0 Å². The van der Waals surface area contributed by atoms with E-state index < -0.39 is 0 Å². The van der Waals surface area contributed by atoms with Gasteiger partial charge in [-0.2, -0.15) is 0 Å². The van der Waals surface area contributed by atoms with Gasteiger partial charge in [0.2, 0.25) is 0 Å². The molecular formula is C34H31BN2O2. The van der Waals surface area contributed by atoms with E-state index in [0.717, 1.165) is 44.7 Å². The van der Waals surface area contributed by atoms with Crippen LogP contribution in [0.5, 0.6) is 0 Å². The second-order valence-corrected chi connectivity index (χ2v) is 11.0. The molecule has 1 aromatic heterocycles. The quantitative estimate of drug-likeness (QED) is 0.231. The van der Waals surface area contributed by atoms with Crippen molar-refractivity contribution in [3.05, 3.63) is 115 Å². The van der Waals surface area contributed by atoms with Crippen LogP contribution >= 0.6 is 0 Å². The molecule has 4 nitrogen and oxygen atoms in total. The highest BCUT2D eigenvalue weighted by Crippen LogP contribution is 2.36. The van der Waals surface area contributed by atoms with Gasteiger partial charge in [-0.05, 0) is 50.4 Å². The van der Waals surface area contributed by atoms with Crippen molar-refractivity contribution in [1.82, 2.24) is 9.97 Å². The van der Waals surface area contributed by atoms with E-state index in [0.29, 0.717) is 5.82 Å². The van der Waals surface area contributed by atoms with Crippen molar-refractivity contribution >= 4 is 12.6 Å². The topological polar surface area (TPSA) is 44.2 Å². The first-order valence-electron chi connectivity index (χ1n) is 13.4. The molecule has 0 amide bonds. The zero-order chi connectivity index (χ0) is 27.0. The van der Waals surface area contributed by atoms with Crippen LogP contribution in [0, 0.1) is 0 Å². The van der Waals surface area contributed by atoms with Gasteiger partial charge in [0.05, 0.1) is 22.6 Å². The lowest BCUT2D eigenvalue weighted by Gasteiger charge is -2.32. The van der Waals surface area contributed by atoms with Crippen LogP contribution in [0.25, 0.3) is 45.0 Å². The van der Waals surface area contributed by atoms with E-state index in [-0.39, 0.29) is 18.3 Å². The molecule has 1 fully saturated rings. The van der Waals surface area contributed by atoms with Gasteiger partial charge < -0.3 is 9.31 Å². The predicted molar refractivity (Wildman–Crippen MR) is 159 cm³/mol. The Hall–Kier alpha value is -4.06. The average Bonchev–Trinajstić information content (AvgIpc) is 3.20. The predicted octanol–water partition coefficient (Wildman–Crippen LogP) is 7.44. The van der Waals surface area contributed by atoms with Crippen LogP contribution in [0.1, 0.15) is 27.7 Å².